The Morgan fingerprint density at radius 1 is 1.00 bits per heavy atom. The molecule has 3 aromatic rings. The Hall–Kier alpha value is -2.79. The molecule has 1 atom stereocenters. The van der Waals surface area contributed by atoms with Gasteiger partial charge in [0.05, 0.1) is 5.56 Å². The van der Waals surface area contributed by atoms with Crippen molar-refractivity contribution in [3.63, 3.8) is 0 Å². The molecule has 0 aliphatic carbocycles. The predicted molar refractivity (Wildman–Crippen MR) is 105 cm³/mol. The minimum absolute atomic E-state index is 0.0185. The van der Waals surface area contributed by atoms with Crippen molar-refractivity contribution in [3.8, 4) is 5.75 Å². The van der Waals surface area contributed by atoms with E-state index < -0.39 is 0 Å². The van der Waals surface area contributed by atoms with Crippen LogP contribution in [0.25, 0.3) is 0 Å². The lowest BCUT2D eigenvalue weighted by Gasteiger charge is -2.26. The van der Waals surface area contributed by atoms with Crippen molar-refractivity contribution in [1.29, 1.82) is 0 Å². The number of hydrogen-bond donors (Lipinski definition) is 2. The molecule has 0 bridgehead atoms. The fourth-order valence-corrected chi connectivity index (χ4v) is 4.12. The SMILES string of the molecule is Cc1sc2c(c1C)C(=O)N[C@@H](c1ccc(OCc3ccccc3)cc1)N2. The number of rotatable bonds is 4. The third kappa shape index (κ3) is 3.18. The summed E-state index contributed by atoms with van der Waals surface area (Å²) in [6.45, 7) is 4.57. The van der Waals surface area contributed by atoms with E-state index in [0.717, 1.165) is 33.0 Å². The van der Waals surface area contributed by atoms with Gasteiger partial charge < -0.3 is 15.4 Å². The Balaban J connectivity index is 1.46. The second-order valence-corrected chi connectivity index (χ2v) is 7.61. The van der Waals surface area contributed by atoms with E-state index in [1.165, 1.54) is 4.88 Å². The lowest BCUT2D eigenvalue weighted by molar-refractivity contribution is 0.0936. The van der Waals surface area contributed by atoms with E-state index in [9.17, 15) is 4.79 Å². The zero-order chi connectivity index (χ0) is 18.1. The van der Waals surface area contributed by atoms with Gasteiger partial charge in [-0.05, 0) is 42.7 Å². The molecule has 132 valence electrons. The maximum atomic E-state index is 12.5. The topological polar surface area (TPSA) is 50.4 Å². The highest BCUT2D eigenvalue weighted by molar-refractivity contribution is 7.16. The molecule has 0 fully saturated rings. The molecule has 1 amide bonds. The largest absolute Gasteiger partial charge is 0.489 e. The molecule has 0 saturated carbocycles. The van der Waals surface area contributed by atoms with Gasteiger partial charge in [0.1, 0.15) is 23.5 Å². The zero-order valence-electron chi connectivity index (χ0n) is 14.7. The van der Waals surface area contributed by atoms with Gasteiger partial charge in [-0.15, -0.1) is 11.3 Å². The number of aryl methyl sites for hydroxylation is 1. The first-order valence-electron chi connectivity index (χ1n) is 8.56. The average Bonchev–Trinajstić information content (AvgIpc) is 2.95. The molecule has 0 saturated heterocycles. The molecule has 1 aromatic heterocycles. The van der Waals surface area contributed by atoms with Crippen LogP contribution in [-0.2, 0) is 6.61 Å². The monoisotopic (exact) mass is 364 g/mol. The van der Waals surface area contributed by atoms with Crippen molar-refractivity contribution in [3.05, 3.63) is 81.7 Å². The predicted octanol–water partition coefficient (Wildman–Crippen LogP) is 4.80. The summed E-state index contributed by atoms with van der Waals surface area (Å²) in [6, 6.07) is 17.9. The van der Waals surface area contributed by atoms with E-state index >= 15 is 0 Å². The molecule has 4 rings (SSSR count). The molecule has 26 heavy (non-hydrogen) atoms. The molecule has 0 spiro atoms. The number of hydrogen-bond acceptors (Lipinski definition) is 4. The van der Waals surface area contributed by atoms with Gasteiger partial charge in [-0.1, -0.05) is 42.5 Å². The minimum Gasteiger partial charge on any atom is -0.489 e. The first kappa shape index (κ1) is 16.7. The molecular weight excluding hydrogens is 344 g/mol. The van der Waals surface area contributed by atoms with Crippen LogP contribution >= 0.6 is 11.3 Å². The number of fused-ring (bicyclic) bond motifs is 1. The number of carbonyl (C=O) groups excluding carboxylic acids is 1. The first-order valence-corrected chi connectivity index (χ1v) is 9.37. The van der Waals surface area contributed by atoms with E-state index in [0.29, 0.717) is 6.61 Å². The van der Waals surface area contributed by atoms with Crippen molar-refractivity contribution < 1.29 is 9.53 Å². The Labute approximate surface area is 156 Å². The third-order valence-corrected chi connectivity index (χ3v) is 5.76. The summed E-state index contributed by atoms with van der Waals surface area (Å²) >= 11 is 1.63. The van der Waals surface area contributed by atoms with Crippen LogP contribution in [0.3, 0.4) is 0 Å². The van der Waals surface area contributed by atoms with Crippen LogP contribution in [0.15, 0.2) is 54.6 Å². The Bertz CT molecular complexity index is 933. The van der Waals surface area contributed by atoms with Crippen LogP contribution in [0.1, 0.15) is 38.1 Å². The highest BCUT2D eigenvalue weighted by Gasteiger charge is 2.28. The summed E-state index contributed by atoms with van der Waals surface area (Å²) < 4.78 is 5.83. The Morgan fingerprint density at radius 2 is 1.73 bits per heavy atom. The summed E-state index contributed by atoms with van der Waals surface area (Å²) in [4.78, 5) is 13.6. The van der Waals surface area contributed by atoms with Crippen LogP contribution < -0.4 is 15.4 Å². The molecule has 1 aliphatic rings. The normalized spacial score (nSPS) is 15.8. The van der Waals surface area contributed by atoms with Crippen LogP contribution in [0.4, 0.5) is 5.00 Å². The summed E-state index contributed by atoms with van der Waals surface area (Å²) in [6.07, 6.45) is -0.226. The number of nitrogens with one attached hydrogen (secondary N) is 2. The molecule has 2 heterocycles. The average molecular weight is 364 g/mol. The minimum atomic E-state index is -0.226. The Kier molecular flexibility index (Phi) is 4.39. The lowest BCUT2D eigenvalue weighted by Crippen LogP contribution is -2.38. The van der Waals surface area contributed by atoms with Gasteiger partial charge in [-0.3, -0.25) is 4.79 Å². The fraction of sp³-hybridized carbons (Fsp3) is 0.190. The molecular formula is C21H20N2O2S. The maximum Gasteiger partial charge on any atom is 0.256 e. The maximum absolute atomic E-state index is 12.5. The summed E-state index contributed by atoms with van der Waals surface area (Å²) in [5.41, 5.74) is 3.96. The van der Waals surface area contributed by atoms with Crippen LogP contribution in [0.2, 0.25) is 0 Å². The van der Waals surface area contributed by atoms with Gasteiger partial charge in [-0.25, -0.2) is 0 Å². The van der Waals surface area contributed by atoms with Gasteiger partial charge in [0, 0.05) is 4.88 Å². The molecule has 0 radical (unpaired) electrons. The summed E-state index contributed by atoms with van der Waals surface area (Å²) in [5, 5.41) is 7.41. The fourth-order valence-electron chi connectivity index (χ4n) is 3.04. The van der Waals surface area contributed by atoms with E-state index in [2.05, 4.69) is 10.6 Å². The van der Waals surface area contributed by atoms with Gasteiger partial charge in [-0.2, -0.15) is 0 Å². The number of benzene rings is 2. The standard InChI is InChI=1S/C21H20N2O2S/c1-13-14(2)26-21-18(13)20(24)22-19(23-21)16-8-10-17(11-9-16)25-12-15-6-4-3-5-7-15/h3-11,19,23H,12H2,1-2H3,(H,22,24)/t19-/m1/s1. The summed E-state index contributed by atoms with van der Waals surface area (Å²) in [5.74, 6) is 0.790. The molecule has 2 N–H and O–H groups in total. The number of thiophene rings is 1. The summed E-state index contributed by atoms with van der Waals surface area (Å²) in [7, 11) is 0. The lowest BCUT2D eigenvalue weighted by atomic mass is 10.1. The van der Waals surface area contributed by atoms with Crippen LogP contribution in [0, 0.1) is 13.8 Å². The quantitative estimate of drug-likeness (QED) is 0.699. The zero-order valence-corrected chi connectivity index (χ0v) is 15.5. The molecule has 0 unspecified atom stereocenters. The third-order valence-electron chi connectivity index (χ3n) is 4.62. The van der Waals surface area contributed by atoms with Gasteiger partial charge in [0.15, 0.2) is 0 Å². The van der Waals surface area contributed by atoms with Crippen LogP contribution in [0.5, 0.6) is 5.75 Å². The van der Waals surface area contributed by atoms with Crippen LogP contribution in [-0.4, -0.2) is 5.91 Å². The van der Waals surface area contributed by atoms with Gasteiger partial charge >= 0.3 is 0 Å². The number of ether oxygens (including phenoxy) is 1. The Morgan fingerprint density at radius 3 is 2.46 bits per heavy atom. The highest BCUT2D eigenvalue weighted by Crippen LogP contribution is 2.37. The molecule has 5 heteroatoms. The highest BCUT2D eigenvalue weighted by atomic mass is 32.1. The van der Waals surface area contributed by atoms with Crippen molar-refractivity contribution in [2.75, 3.05) is 5.32 Å². The number of anilines is 1. The smallest absolute Gasteiger partial charge is 0.256 e. The first-order chi connectivity index (χ1) is 12.6. The van der Waals surface area contributed by atoms with Crippen molar-refractivity contribution in [2.45, 2.75) is 26.6 Å². The second-order valence-electron chi connectivity index (χ2n) is 6.38. The van der Waals surface area contributed by atoms with Gasteiger partial charge in [0.2, 0.25) is 0 Å². The second kappa shape index (κ2) is 6.84. The van der Waals surface area contributed by atoms with Crippen molar-refractivity contribution in [1.82, 2.24) is 5.32 Å². The van der Waals surface area contributed by atoms with Crippen molar-refractivity contribution in [2.24, 2.45) is 0 Å². The van der Waals surface area contributed by atoms with E-state index in [1.54, 1.807) is 11.3 Å². The number of amides is 1. The van der Waals surface area contributed by atoms with E-state index in [4.69, 9.17) is 4.74 Å². The van der Waals surface area contributed by atoms with Gasteiger partial charge in [0.25, 0.3) is 5.91 Å². The van der Waals surface area contributed by atoms with E-state index in [-0.39, 0.29) is 12.1 Å². The molecule has 1 aliphatic heterocycles. The molecule has 2 aromatic carbocycles. The number of carbonyl (C=O) groups is 1. The van der Waals surface area contributed by atoms with Crippen molar-refractivity contribution >= 4 is 22.2 Å². The molecule has 4 nitrogen and oxygen atoms in total. The van der Waals surface area contributed by atoms with E-state index in [1.807, 2.05) is 68.4 Å².